The molecule has 0 aliphatic heterocycles. The lowest BCUT2D eigenvalue weighted by molar-refractivity contribution is 0.0950. The molecule has 0 saturated heterocycles. The van der Waals surface area contributed by atoms with E-state index in [0.717, 1.165) is 32.5 Å². The normalized spacial score (nSPS) is 14.3. The monoisotopic (exact) mass is 459 g/mol. The number of aromatic amines is 1. The van der Waals surface area contributed by atoms with E-state index >= 15 is 0 Å². The molecular formula is C23H30BrN3O2. The molecule has 0 bridgehead atoms. The van der Waals surface area contributed by atoms with Crippen LogP contribution in [0.4, 0.5) is 5.69 Å². The summed E-state index contributed by atoms with van der Waals surface area (Å²) in [6.07, 6.45) is 4.91. The third-order valence-corrected chi connectivity index (χ3v) is 6.96. The van der Waals surface area contributed by atoms with Crippen LogP contribution in [0.3, 0.4) is 0 Å². The van der Waals surface area contributed by atoms with Crippen LogP contribution in [-0.4, -0.2) is 24.0 Å². The zero-order valence-corrected chi connectivity index (χ0v) is 19.5. The van der Waals surface area contributed by atoms with E-state index in [4.69, 9.17) is 0 Å². The Labute approximate surface area is 181 Å². The number of aromatic nitrogens is 1. The van der Waals surface area contributed by atoms with Crippen molar-refractivity contribution in [3.8, 4) is 0 Å². The summed E-state index contributed by atoms with van der Waals surface area (Å²) in [4.78, 5) is 30.4. The maximum absolute atomic E-state index is 13.0. The predicted octanol–water partition coefficient (Wildman–Crippen LogP) is 4.68. The van der Waals surface area contributed by atoms with Gasteiger partial charge in [0, 0.05) is 46.6 Å². The predicted molar refractivity (Wildman–Crippen MR) is 122 cm³/mol. The van der Waals surface area contributed by atoms with E-state index in [-0.39, 0.29) is 18.0 Å². The molecule has 1 amide bonds. The van der Waals surface area contributed by atoms with Gasteiger partial charge in [-0.25, -0.2) is 0 Å². The van der Waals surface area contributed by atoms with Crippen LogP contribution >= 0.6 is 15.9 Å². The standard InChI is InChI=1S/C23H30BrN3O2/c1-13-10-14(2)26-23(29)19(13)12-25-22(28)18-11-20(24)16(4)21(15(18)3)27(5)17-8-6-7-9-17/h10-11,17H,6-9,12H2,1-5H3,(H,25,28)(H,26,29). The summed E-state index contributed by atoms with van der Waals surface area (Å²) < 4.78 is 0.928. The van der Waals surface area contributed by atoms with E-state index < -0.39 is 0 Å². The third-order valence-electron chi connectivity index (χ3n) is 6.13. The van der Waals surface area contributed by atoms with Crippen molar-refractivity contribution in [2.45, 2.75) is 66.0 Å². The lowest BCUT2D eigenvalue weighted by Crippen LogP contribution is -2.32. The molecule has 0 unspecified atom stereocenters. The average Bonchev–Trinajstić information content (AvgIpc) is 3.18. The Bertz CT molecular complexity index is 991. The molecule has 3 rings (SSSR count). The molecule has 1 aliphatic carbocycles. The van der Waals surface area contributed by atoms with Crippen LogP contribution in [0.5, 0.6) is 0 Å². The third kappa shape index (κ3) is 4.42. The largest absolute Gasteiger partial charge is 0.371 e. The molecule has 1 heterocycles. The first kappa shape index (κ1) is 21.6. The van der Waals surface area contributed by atoms with Gasteiger partial charge >= 0.3 is 0 Å². The molecule has 1 saturated carbocycles. The maximum atomic E-state index is 13.0. The van der Waals surface area contributed by atoms with Crippen LogP contribution in [0.1, 0.15) is 64.0 Å². The Kier molecular flexibility index (Phi) is 6.52. The molecule has 1 fully saturated rings. The van der Waals surface area contributed by atoms with Crippen LogP contribution in [0.15, 0.2) is 21.4 Å². The zero-order chi connectivity index (χ0) is 21.3. The minimum absolute atomic E-state index is 0.147. The van der Waals surface area contributed by atoms with Gasteiger partial charge in [0.2, 0.25) is 0 Å². The summed E-state index contributed by atoms with van der Waals surface area (Å²) in [6, 6.07) is 4.33. The molecule has 156 valence electrons. The van der Waals surface area contributed by atoms with Crippen molar-refractivity contribution in [2.75, 3.05) is 11.9 Å². The van der Waals surface area contributed by atoms with Gasteiger partial charge in [-0.3, -0.25) is 9.59 Å². The minimum Gasteiger partial charge on any atom is -0.371 e. The molecule has 0 radical (unpaired) electrons. The van der Waals surface area contributed by atoms with Gasteiger partial charge in [-0.05, 0) is 69.4 Å². The fourth-order valence-corrected chi connectivity index (χ4v) is 4.89. The van der Waals surface area contributed by atoms with E-state index in [9.17, 15) is 9.59 Å². The fourth-order valence-electron chi connectivity index (χ4n) is 4.47. The highest BCUT2D eigenvalue weighted by molar-refractivity contribution is 9.10. The summed E-state index contributed by atoms with van der Waals surface area (Å²) in [5.74, 6) is -0.163. The van der Waals surface area contributed by atoms with Crippen molar-refractivity contribution >= 4 is 27.5 Å². The van der Waals surface area contributed by atoms with Crippen molar-refractivity contribution in [1.29, 1.82) is 0 Å². The highest BCUT2D eigenvalue weighted by atomic mass is 79.9. The minimum atomic E-state index is -0.163. The molecule has 1 aromatic heterocycles. The molecule has 29 heavy (non-hydrogen) atoms. The number of pyridine rings is 1. The van der Waals surface area contributed by atoms with E-state index in [2.05, 4.69) is 45.1 Å². The number of hydrogen-bond donors (Lipinski definition) is 2. The van der Waals surface area contributed by atoms with Gasteiger partial charge in [-0.2, -0.15) is 0 Å². The van der Waals surface area contributed by atoms with Gasteiger partial charge in [0.15, 0.2) is 0 Å². The number of aryl methyl sites for hydroxylation is 2. The number of nitrogens with one attached hydrogen (secondary N) is 2. The molecule has 6 heteroatoms. The zero-order valence-electron chi connectivity index (χ0n) is 17.9. The molecular weight excluding hydrogens is 430 g/mol. The highest BCUT2D eigenvalue weighted by Gasteiger charge is 2.25. The lowest BCUT2D eigenvalue weighted by atomic mass is 9.99. The number of benzene rings is 1. The van der Waals surface area contributed by atoms with Gasteiger partial charge in [-0.15, -0.1) is 0 Å². The SMILES string of the molecule is Cc1cc(C)c(CNC(=O)c2cc(Br)c(C)c(N(C)C3CCCC3)c2C)c(=O)[nH]1. The van der Waals surface area contributed by atoms with E-state index in [1.165, 1.54) is 25.7 Å². The van der Waals surface area contributed by atoms with Gasteiger partial charge in [0.25, 0.3) is 11.5 Å². The summed E-state index contributed by atoms with van der Waals surface area (Å²) in [6.45, 7) is 8.06. The fraction of sp³-hybridized carbons (Fsp3) is 0.478. The van der Waals surface area contributed by atoms with Crippen molar-refractivity contribution in [3.63, 3.8) is 0 Å². The molecule has 2 N–H and O–H groups in total. The Hall–Kier alpha value is -2.08. The number of rotatable bonds is 5. The smallest absolute Gasteiger partial charge is 0.253 e. The maximum Gasteiger partial charge on any atom is 0.253 e. The Morgan fingerprint density at radius 2 is 1.83 bits per heavy atom. The lowest BCUT2D eigenvalue weighted by Gasteiger charge is -2.31. The van der Waals surface area contributed by atoms with Gasteiger partial charge in [0.1, 0.15) is 0 Å². The van der Waals surface area contributed by atoms with Crippen LogP contribution < -0.4 is 15.8 Å². The van der Waals surface area contributed by atoms with Crippen molar-refractivity contribution in [2.24, 2.45) is 0 Å². The molecule has 0 spiro atoms. The second-order valence-electron chi connectivity index (χ2n) is 8.18. The highest BCUT2D eigenvalue weighted by Crippen LogP contribution is 2.36. The second kappa shape index (κ2) is 8.74. The van der Waals surface area contributed by atoms with Gasteiger partial charge in [-0.1, -0.05) is 28.8 Å². The van der Waals surface area contributed by atoms with Crippen molar-refractivity contribution in [1.82, 2.24) is 10.3 Å². The van der Waals surface area contributed by atoms with Crippen LogP contribution in [-0.2, 0) is 6.54 Å². The molecule has 2 aromatic rings. The van der Waals surface area contributed by atoms with Crippen molar-refractivity contribution < 1.29 is 4.79 Å². The van der Waals surface area contributed by atoms with E-state index in [1.807, 2.05) is 32.9 Å². The van der Waals surface area contributed by atoms with Gasteiger partial charge in [0.05, 0.1) is 0 Å². The van der Waals surface area contributed by atoms with Crippen LogP contribution in [0, 0.1) is 27.7 Å². The number of carbonyl (C=O) groups is 1. The summed E-state index contributed by atoms with van der Waals surface area (Å²) in [5.41, 5.74) is 6.05. The number of halogens is 1. The topological polar surface area (TPSA) is 65.2 Å². The van der Waals surface area contributed by atoms with Crippen LogP contribution in [0.2, 0.25) is 0 Å². The molecule has 5 nitrogen and oxygen atoms in total. The summed E-state index contributed by atoms with van der Waals surface area (Å²) >= 11 is 3.64. The number of amides is 1. The first-order valence-corrected chi connectivity index (χ1v) is 11.0. The van der Waals surface area contributed by atoms with E-state index in [0.29, 0.717) is 17.2 Å². The number of anilines is 1. The first-order valence-electron chi connectivity index (χ1n) is 10.2. The second-order valence-corrected chi connectivity index (χ2v) is 9.03. The van der Waals surface area contributed by atoms with Crippen LogP contribution in [0.25, 0.3) is 0 Å². The summed E-state index contributed by atoms with van der Waals surface area (Å²) in [5, 5.41) is 2.94. The molecule has 1 aromatic carbocycles. The molecule has 0 atom stereocenters. The quantitative estimate of drug-likeness (QED) is 0.681. The van der Waals surface area contributed by atoms with Crippen molar-refractivity contribution in [3.05, 3.63) is 60.5 Å². The molecule has 1 aliphatic rings. The van der Waals surface area contributed by atoms with Gasteiger partial charge < -0.3 is 15.2 Å². The Morgan fingerprint density at radius 3 is 2.45 bits per heavy atom. The number of nitrogens with zero attached hydrogens (tertiary/aromatic N) is 1. The number of hydrogen-bond acceptors (Lipinski definition) is 3. The summed E-state index contributed by atoms with van der Waals surface area (Å²) in [7, 11) is 2.13. The Balaban J connectivity index is 1.88. The number of H-pyrrole nitrogens is 1. The Morgan fingerprint density at radius 1 is 1.17 bits per heavy atom. The number of carbonyl (C=O) groups excluding carboxylic acids is 1. The first-order chi connectivity index (χ1) is 13.7. The average molecular weight is 460 g/mol. The van der Waals surface area contributed by atoms with E-state index in [1.54, 1.807) is 0 Å².